The van der Waals surface area contributed by atoms with E-state index in [2.05, 4.69) is 0 Å². The van der Waals surface area contributed by atoms with Crippen molar-refractivity contribution < 1.29 is 19.0 Å². The van der Waals surface area contributed by atoms with Crippen LogP contribution in [0.2, 0.25) is 0 Å². The zero-order valence-corrected chi connectivity index (χ0v) is 21.6. The van der Waals surface area contributed by atoms with Crippen molar-refractivity contribution >= 4 is 27.2 Å². The molecule has 186 valence electrons. The SMILES string of the molecule is COc1ccc(CCOc2cccc(-c3cccc(CC(=O)c4ccc5sccc5c4)c3)n2)cc1OC. The molecule has 3 aromatic carbocycles. The van der Waals surface area contributed by atoms with Crippen molar-refractivity contribution in [3.8, 4) is 28.6 Å². The molecule has 0 fully saturated rings. The summed E-state index contributed by atoms with van der Waals surface area (Å²) in [5.41, 5.74) is 4.53. The van der Waals surface area contributed by atoms with E-state index in [1.165, 1.54) is 4.70 Å². The van der Waals surface area contributed by atoms with E-state index in [9.17, 15) is 4.79 Å². The van der Waals surface area contributed by atoms with Crippen LogP contribution in [0.25, 0.3) is 21.3 Å². The summed E-state index contributed by atoms with van der Waals surface area (Å²) < 4.78 is 17.8. The zero-order chi connectivity index (χ0) is 25.6. The summed E-state index contributed by atoms with van der Waals surface area (Å²) in [4.78, 5) is 17.6. The molecule has 2 heterocycles. The Morgan fingerprint density at radius 1 is 0.838 bits per heavy atom. The molecule has 0 atom stereocenters. The molecule has 0 unspecified atom stereocenters. The Labute approximate surface area is 220 Å². The fraction of sp³-hybridized carbons (Fsp3) is 0.161. The summed E-state index contributed by atoms with van der Waals surface area (Å²) in [6, 6.07) is 27.5. The van der Waals surface area contributed by atoms with Gasteiger partial charge in [-0.1, -0.05) is 30.3 Å². The van der Waals surface area contributed by atoms with E-state index >= 15 is 0 Å². The van der Waals surface area contributed by atoms with Crippen LogP contribution in [0.4, 0.5) is 0 Å². The summed E-state index contributed by atoms with van der Waals surface area (Å²) >= 11 is 1.68. The number of carbonyl (C=O) groups is 1. The molecule has 0 amide bonds. The van der Waals surface area contributed by atoms with Gasteiger partial charge in [0.05, 0.1) is 26.5 Å². The number of hydrogen-bond acceptors (Lipinski definition) is 6. The van der Waals surface area contributed by atoms with Gasteiger partial charge in [0.25, 0.3) is 0 Å². The Hall–Kier alpha value is -4.16. The number of benzene rings is 3. The molecule has 5 aromatic rings. The molecule has 0 N–H and O–H groups in total. The smallest absolute Gasteiger partial charge is 0.213 e. The van der Waals surface area contributed by atoms with Crippen molar-refractivity contribution in [2.75, 3.05) is 20.8 Å². The van der Waals surface area contributed by atoms with Crippen LogP contribution in [0.1, 0.15) is 21.5 Å². The van der Waals surface area contributed by atoms with Crippen molar-refractivity contribution in [3.63, 3.8) is 0 Å². The fourth-order valence-electron chi connectivity index (χ4n) is 4.23. The molecule has 37 heavy (non-hydrogen) atoms. The Morgan fingerprint density at radius 3 is 2.57 bits per heavy atom. The maximum Gasteiger partial charge on any atom is 0.213 e. The average Bonchev–Trinajstić information content (AvgIpc) is 3.41. The van der Waals surface area contributed by atoms with Gasteiger partial charge in [0, 0.05) is 34.7 Å². The van der Waals surface area contributed by atoms with Crippen molar-refractivity contribution in [1.82, 2.24) is 4.98 Å². The summed E-state index contributed by atoms with van der Waals surface area (Å²) in [7, 11) is 3.25. The molecule has 0 aliphatic heterocycles. The van der Waals surface area contributed by atoms with Gasteiger partial charge in [0.15, 0.2) is 17.3 Å². The molecule has 0 bridgehead atoms. The lowest BCUT2D eigenvalue weighted by molar-refractivity contribution is 0.0993. The van der Waals surface area contributed by atoms with E-state index in [4.69, 9.17) is 19.2 Å². The highest BCUT2D eigenvalue weighted by Crippen LogP contribution is 2.28. The lowest BCUT2D eigenvalue weighted by atomic mass is 9.99. The van der Waals surface area contributed by atoms with Crippen LogP contribution in [0.15, 0.2) is 90.3 Å². The molecule has 0 spiro atoms. The number of fused-ring (bicyclic) bond motifs is 1. The number of ether oxygens (including phenoxy) is 3. The fourth-order valence-corrected chi connectivity index (χ4v) is 5.00. The second kappa shape index (κ2) is 11.3. The third-order valence-electron chi connectivity index (χ3n) is 6.17. The highest BCUT2D eigenvalue weighted by atomic mass is 32.1. The largest absolute Gasteiger partial charge is 0.493 e. The van der Waals surface area contributed by atoms with Crippen molar-refractivity contribution in [1.29, 1.82) is 0 Å². The second-order valence-electron chi connectivity index (χ2n) is 8.62. The maximum absolute atomic E-state index is 12.9. The highest BCUT2D eigenvalue weighted by molar-refractivity contribution is 7.17. The van der Waals surface area contributed by atoms with Gasteiger partial charge in [-0.15, -0.1) is 11.3 Å². The number of ketones is 1. The Kier molecular flexibility index (Phi) is 7.47. The molecule has 5 rings (SSSR count). The first-order chi connectivity index (χ1) is 18.1. The number of methoxy groups -OCH3 is 2. The van der Waals surface area contributed by atoms with Crippen molar-refractivity contribution in [3.05, 3.63) is 107 Å². The van der Waals surface area contributed by atoms with E-state index in [0.717, 1.165) is 33.3 Å². The van der Waals surface area contributed by atoms with E-state index in [1.807, 2.05) is 90.3 Å². The molecule has 0 radical (unpaired) electrons. The number of pyridine rings is 1. The summed E-state index contributed by atoms with van der Waals surface area (Å²) in [6.45, 7) is 0.481. The first-order valence-corrected chi connectivity index (χ1v) is 12.9. The number of hydrogen-bond donors (Lipinski definition) is 0. The predicted molar refractivity (Wildman–Crippen MR) is 148 cm³/mol. The average molecular weight is 510 g/mol. The minimum Gasteiger partial charge on any atom is -0.493 e. The molecule has 0 saturated carbocycles. The summed E-state index contributed by atoms with van der Waals surface area (Å²) in [5, 5.41) is 3.15. The van der Waals surface area contributed by atoms with Crippen molar-refractivity contribution in [2.45, 2.75) is 12.8 Å². The number of thiophene rings is 1. The minimum absolute atomic E-state index is 0.102. The summed E-state index contributed by atoms with van der Waals surface area (Å²) in [6.07, 6.45) is 1.05. The number of Topliss-reactive ketones (excluding diaryl/α,β-unsaturated/α-hetero) is 1. The number of aromatic nitrogens is 1. The molecule has 0 saturated heterocycles. The lowest BCUT2D eigenvalue weighted by Crippen LogP contribution is -2.04. The second-order valence-corrected chi connectivity index (χ2v) is 9.57. The van der Waals surface area contributed by atoms with Gasteiger partial charge in [-0.2, -0.15) is 0 Å². The van der Waals surface area contributed by atoms with Gasteiger partial charge in [0.2, 0.25) is 5.88 Å². The van der Waals surface area contributed by atoms with E-state index in [1.54, 1.807) is 25.6 Å². The normalized spacial score (nSPS) is 10.9. The van der Waals surface area contributed by atoms with E-state index in [0.29, 0.717) is 36.8 Å². The molecule has 6 heteroatoms. The summed E-state index contributed by atoms with van der Waals surface area (Å²) in [5.74, 6) is 2.06. The Bertz CT molecular complexity index is 1540. The maximum atomic E-state index is 12.9. The molecule has 2 aromatic heterocycles. The topological polar surface area (TPSA) is 57.7 Å². The number of rotatable bonds is 10. The molecule has 0 aliphatic rings. The van der Waals surface area contributed by atoms with Crippen molar-refractivity contribution in [2.24, 2.45) is 0 Å². The molecular formula is C31H27NO4S. The molecule has 0 aliphatic carbocycles. The van der Waals surface area contributed by atoms with Crippen LogP contribution in [-0.4, -0.2) is 31.6 Å². The molecular weight excluding hydrogens is 482 g/mol. The molecule has 5 nitrogen and oxygen atoms in total. The van der Waals surface area contributed by atoms with Gasteiger partial charge in [-0.05, 0) is 70.4 Å². The van der Waals surface area contributed by atoms with Gasteiger partial charge < -0.3 is 14.2 Å². The minimum atomic E-state index is 0.102. The van der Waals surface area contributed by atoms with Crippen LogP contribution in [0.3, 0.4) is 0 Å². The van der Waals surface area contributed by atoms with Gasteiger partial charge >= 0.3 is 0 Å². The van der Waals surface area contributed by atoms with E-state index < -0.39 is 0 Å². The van der Waals surface area contributed by atoms with Crippen LogP contribution < -0.4 is 14.2 Å². The van der Waals surface area contributed by atoms with Crippen LogP contribution in [0, 0.1) is 0 Å². The Morgan fingerprint density at radius 2 is 1.70 bits per heavy atom. The lowest BCUT2D eigenvalue weighted by Gasteiger charge is -2.11. The van der Waals surface area contributed by atoms with Gasteiger partial charge in [-0.25, -0.2) is 4.98 Å². The standard InChI is InChI=1S/C31H27NO4S/c1-34-28-11-9-21(19-29(28)35-2)13-15-36-31-8-4-7-26(32-31)23-6-3-5-22(17-23)18-27(33)24-10-12-30-25(20-24)14-16-37-30/h3-12,14,16-17,19-20H,13,15,18H2,1-2H3. The Balaban J connectivity index is 1.24. The van der Waals surface area contributed by atoms with E-state index in [-0.39, 0.29) is 5.78 Å². The van der Waals surface area contributed by atoms with Gasteiger partial charge in [-0.3, -0.25) is 4.79 Å². The predicted octanol–water partition coefficient (Wildman–Crippen LogP) is 7.03. The number of carbonyl (C=O) groups excluding carboxylic acids is 1. The first kappa shape index (κ1) is 24.5. The third kappa shape index (κ3) is 5.81. The van der Waals surface area contributed by atoms with Crippen LogP contribution >= 0.6 is 11.3 Å². The van der Waals surface area contributed by atoms with Crippen LogP contribution in [-0.2, 0) is 12.8 Å². The zero-order valence-electron chi connectivity index (χ0n) is 20.8. The van der Waals surface area contributed by atoms with Gasteiger partial charge in [0.1, 0.15) is 0 Å². The third-order valence-corrected chi connectivity index (χ3v) is 7.07. The number of nitrogens with zero attached hydrogens (tertiary/aromatic N) is 1. The van der Waals surface area contributed by atoms with Crippen LogP contribution in [0.5, 0.6) is 17.4 Å². The quantitative estimate of drug-likeness (QED) is 0.189. The first-order valence-electron chi connectivity index (χ1n) is 12.0. The highest BCUT2D eigenvalue weighted by Gasteiger charge is 2.11. The monoisotopic (exact) mass is 509 g/mol.